The van der Waals surface area contributed by atoms with E-state index < -0.39 is 0 Å². The third-order valence-electron chi connectivity index (χ3n) is 2.69. The lowest BCUT2D eigenvalue weighted by molar-refractivity contribution is 0.112. The van der Waals surface area contributed by atoms with E-state index in [4.69, 9.17) is 4.74 Å². The van der Waals surface area contributed by atoms with Crippen molar-refractivity contribution in [3.63, 3.8) is 0 Å². The molecule has 0 spiro atoms. The van der Waals surface area contributed by atoms with Gasteiger partial charge in [-0.3, -0.25) is 0 Å². The molecular formula is C12H25NOS. The smallest absolute Gasteiger partial charge is 0.0700 e. The standard InChI is InChI=1S/C12H25NOS/c1-9(2)7-15-8-10(3)13-12-5-6-14-11(12)4/h9-13H,5-8H2,1-4H3. The number of nitrogens with one attached hydrogen (secondary N) is 1. The molecule has 0 bridgehead atoms. The van der Waals surface area contributed by atoms with E-state index in [-0.39, 0.29) is 0 Å². The molecule has 3 atom stereocenters. The van der Waals surface area contributed by atoms with Gasteiger partial charge in [0.2, 0.25) is 0 Å². The minimum absolute atomic E-state index is 0.391. The van der Waals surface area contributed by atoms with E-state index in [2.05, 4.69) is 44.8 Å². The lowest BCUT2D eigenvalue weighted by Crippen LogP contribution is -2.41. The molecule has 1 fully saturated rings. The predicted octanol–water partition coefficient (Wildman–Crippen LogP) is 2.53. The third kappa shape index (κ3) is 5.23. The van der Waals surface area contributed by atoms with Crippen LogP contribution in [0, 0.1) is 5.92 Å². The molecule has 0 radical (unpaired) electrons. The summed E-state index contributed by atoms with van der Waals surface area (Å²) in [6.45, 7) is 9.91. The van der Waals surface area contributed by atoms with E-state index in [1.54, 1.807) is 0 Å². The van der Waals surface area contributed by atoms with Crippen LogP contribution in [0.5, 0.6) is 0 Å². The molecule has 1 saturated heterocycles. The summed E-state index contributed by atoms with van der Waals surface area (Å²) in [5.41, 5.74) is 0. The molecule has 1 heterocycles. The number of rotatable bonds is 6. The van der Waals surface area contributed by atoms with Gasteiger partial charge in [-0.1, -0.05) is 13.8 Å². The molecule has 90 valence electrons. The maximum Gasteiger partial charge on any atom is 0.0700 e. The van der Waals surface area contributed by atoms with Crippen molar-refractivity contribution >= 4 is 11.8 Å². The summed E-state index contributed by atoms with van der Waals surface area (Å²) in [5, 5.41) is 3.66. The van der Waals surface area contributed by atoms with E-state index in [1.165, 1.54) is 17.9 Å². The fourth-order valence-electron chi connectivity index (χ4n) is 1.84. The highest BCUT2D eigenvalue weighted by Gasteiger charge is 2.24. The maximum atomic E-state index is 5.54. The highest BCUT2D eigenvalue weighted by molar-refractivity contribution is 7.99. The average Bonchev–Trinajstić information content (AvgIpc) is 2.51. The Morgan fingerprint density at radius 2 is 2.07 bits per heavy atom. The van der Waals surface area contributed by atoms with E-state index in [0.29, 0.717) is 18.2 Å². The largest absolute Gasteiger partial charge is 0.377 e. The van der Waals surface area contributed by atoms with Gasteiger partial charge in [-0.15, -0.1) is 0 Å². The fraction of sp³-hybridized carbons (Fsp3) is 1.00. The average molecular weight is 231 g/mol. The highest BCUT2D eigenvalue weighted by atomic mass is 32.2. The Labute approximate surface area is 98.5 Å². The summed E-state index contributed by atoms with van der Waals surface area (Å²) in [5.74, 6) is 3.28. The van der Waals surface area contributed by atoms with Crippen LogP contribution in [0.2, 0.25) is 0 Å². The minimum atomic E-state index is 0.391. The van der Waals surface area contributed by atoms with Crippen molar-refractivity contribution in [3.05, 3.63) is 0 Å². The Kier molecular flexibility index (Phi) is 6.02. The zero-order valence-corrected chi connectivity index (χ0v) is 11.3. The molecule has 0 aromatic heterocycles. The summed E-state index contributed by atoms with van der Waals surface area (Å²) < 4.78 is 5.54. The number of thioether (sulfide) groups is 1. The first-order chi connectivity index (χ1) is 7.09. The van der Waals surface area contributed by atoms with Crippen LogP contribution >= 0.6 is 11.8 Å². The molecule has 0 aromatic rings. The van der Waals surface area contributed by atoms with Gasteiger partial charge in [0, 0.05) is 24.4 Å². The fourth-order valence-corrected chi connectivity index (χ4v) is 2.90. The van der Waals surface area contributed by atoms with Crippen molar-refractivity contribution in [2.45, 2.75) is 52.3 Å². The van der Waals surface area contributed by atoms with Gasteiger partial charge in [0.15, 0.2) is 0 Å². The SMILES string of the molecule is CC(C)CSCC(C)NC1CCOC1C. The van der Waals surface area contributed by atoms with Crippen LogP contribution in [0.4, 0.5) is 0 Å². The van der Waals surface area contributed by atoms with Gasteiger partial charge in [0.1, 0.15) is 0 Å². The zero-order valence-electron chi connectivity index (χ0n) is 10.5. The monoisotopic (exact) mass is 231 g/mol. The van der Waals surface area contributed by atoms with Crippen molar-refractivity contribution in [2.75, 3.05) is 18.1 Å². The van der Waals surface area contributed by atoms with Gasteiger partial charge in [0.05, 0.1) is 6.10 Å². The molecule has 1 aliphatic rings. The molecular weight excluding hydrogens is 206 g/mol. The van der Waals surface area contributed by atoms with Crippen molar-refractivity contribution in [2.24, 2.45) is 5.92 Å². The van der Waals surface area contributed by atoms with E-state index in [0.717, 1.165) is 12.5 Å². The number of hydrogen-bond acceptors (Lipinski definition) is 3. The van der Waals surface area contributed by atoms with E-state index in [1.807, 2.05) is 0 Å². The normalized spacial score (nSPS) is 28.6. The van der Waals surface area contributed by atoms with Gasteiger partial charge in [-0.2, -0.15) is 11.8 Å². The molecule has 1 rings (SSSR count). The van der Waals surface area contributed by atoms with E-state index in [9.17, 15) is 0 Å². The minimum Gasteiger partial charge on any atom is -0.377 e. The summed E-state index contributed by atoms with van der Waals surface area (Å²) in [6, 6.07) is 1.17. The summed E-state index contributed by atoms with van der Waals surface area (Å²) in [6.07, 6.45) is 1.56. The molecule has 0 aromatic carbocycles. The Morgan fingerprint density at radius 3 is 2.60 bits per heavy atom. The Balaban J connectivity index is 2.09. The van der Waals surface area contributed by atoms with Crippen molar-refractivity contribution < 1.29 is 4.74 Å². The van der Waals surface area contributed by atoms with Gasteiger partial charge >= 0.3 is 0 Å². The van der Waals surface area contributed by atoms with E-state index >= 15 is 0 Å². The predicted molar refractivity (Wildman–Crippen MR) is 68.6 cm³/mol. The van der Waals surface area contributed by atoms with Crippen LogP contribution in [0.1, 0.15) is 34.1 Å². The second kappa shape index (κ2) is 6.77. The highest BCUT2D eigenvalue weighted by Crippen LogP contribution is 2.15. The van der Waals surface area contributed by atoms with Crippen LogP contribution in [0.3, 0.4) is 0 Å². The van der Waals surface area contributed by atoms with Crippen LogP contribution in [-0.4, -0.2) is 36.3 Å². The zero-order chi connectivity index (χ0) is 11.3. The first-order valence-electron chi connectivity index (χ1n) is 6.05. The van der Waals surface area contributed by atoms with Crippen LogP contribution in [-0.2, 0) is 4.74 Å². The molecule has 15 heavy (non-hydrogen) atoms. The molecule has 3 unspecified atom stereocenters. The molecule has 0 saturated carbocycles. The first kappa shape index (κ1) is 13.3. The molecule has 3 heteroatoms. The van der Waals surface area contributed by atoms with Crippen LogP contribution in [0.15, 0.2) is 0 Å². The second-order valence-electron chi connectivity index (χ2n) is 4.97. The summed E-state index contributed by atoms with van der Waals surface area (Å²) in [7, 11) is 0. The van der Waals surface area contributed by atoms with Crippen LogP contribution < -0.4 is 5.32 Å². The molecule has 2 nitrogen and oxygen atoms in total. The molecule has 0 aliphatic carbocycles. The van der Waals surface area contributed by atoms with Crippen molar-refractivity contribution in [3.8, 4) is 0 Å². The Hall–Kier alpha value is 0.270. The summed E-state index contributed by atoms with van der Waals surface area (Å²) in [4.78, 5) is 0. The lowest BCUT2D eigenvalue weighted by atomic mass is 10.1. The van der Waals surface area contributed by atoms with Crippen molar-refractivity contribution in [1.29, 1.82) is 0 Å². The van der Waals surface area contributed by atoms with Crippen molar-refractivity contribution in [1.82, 2.24) is 5.32 Å². The van der Waals surface area contributed by atoms with Gasteiger partial charge in [0.25, 0.3) is 0 Å². The van der Waals surface area contributed by atoms with Gasteiger partial charge in [-0.05, 0) is 31.9 Å². The first-order valence-corrected chi connectivity index (χ1v) is 7.20. The topological polar surface area (TPSA) is 21.3 Å². The summed E-state index contributed by atoms with van der Waals surface area (Å²) >= 11 is 2.05. The number of ether oxygens (including phenoxy) is 1. The molecule has 1 aliphatic heterocycles. The molecule has 1 N–H and O–H groups in total. The lowest BCUT2D eigenvalue weighted by Gasteiger charge is -2.21. The number of hydrogen-bond donors (Lipinski definition) is 1. The second-order valence-corrected chi connectivity index (χ2v) is 6.05. The van der Waals surface area contributed by atoms with Gasteiger partial charge < -0.3 is 10.1 Å². The Bertz CT molecular complexity index is 175. The third-order valence-corrected chi connectivity index (χ3v) is 4.33. The van der Waals surface area contributed by atoms with Gasteiger partial charge in [-0.25, -0.2) is 0 Å². The maximum absolute atomic E-state index is 5.54. The quantitative estimate of drug-likeness (QED) is 0.759. The molecule has 0 amide bonds. The Morgan fingerprint density at radius 1 is 1.33 bits per heavy atom. The van der Waals surface area contributed by atoms with Crippen LogP contribution in [0.25, 0.3) is 0 Å².